The van der Waals surface area contributed by atoms with Crippen LogP contribution in [-0.4, -0.2) is 6.54 Å². The van der Waals surface area contributed by atoms with Crippen molar-refractivity contribution >= 4 is 0 Å². The highest BCUT2D eigenvalue weighted by Gasteiger charge is 2.15. The summed E-state index contributed by atoms with van der Waals surface area (Å²) in [7, 11) is 0. The SMILES string of the molecule is CCCNC(CCc1ccco1)c1cc(C)ccc1F. The molecule has 3 heteroatoms. The van der Waals surface area contributed by atoms with Gasteiger partial charge < -0.3 is 9.73 Å². The summed E-state index contributed by atoms with van der Waals surface area (Å²) < 4.78 is 19.4. The Morgan fingerprint density at radius 3 is 2.85 bits per heavy atom. The number of rotatable bonds is 7. The summed E-state index contributed by atoms with van der Waals surface area (Å²) in [5.41, 5.74) is 1.84. The van der Waals surface area contributed by atoms with Gasteiger partial charge in [0.25, 0.3) is 0 Å². The average Bonchev–Trinajstić information content (AvgIpc) is 2.95. The molecule has 0 fully saturated rings. The molecule has 0 radical (unpaired) electrons. The van der Waals surface area contributed by atoms with E-state index < -0.39 is 0 Å². The minimum Gasteiger partial charge on any atom is -0.469 e. The van der Waals surface area contributed by atoms with Gasteiger partial charge in [-0.15, -0.1) is 0 Å². The highest BCUT2D eigenvalue weighted by atomic mass is 19.1. The molecule has 1 aromatic heterocycles. The van der Waals surface area contributed by atoms with Crippen LogP contribution in [0.5, 0.6) is 0 Å². The van der Waals surface area contributed by atoms with Crippen LogP contribution in [0.1, 0.15) is 42.7 Å². The molecule has 0 spiro atoms. The zero-order valence-electron chi connectivity index (χ0n) is 12.2. The molecule has 0 aliphatic rings. The summed E-state index contributed by atoms with van der Waals surface area (Å²) in [6.07, 6.45) is 4.34. The number of hydrogen-bond acceptors (Lipinski definition) is 2. The quantitative estimate of drug-likeness (QED) is 0.810. The lowest BCUT2D eigenvalue weighted by Crippen LogP contribution is -2.23. The number of aryl methyl sites for hydroxylation is 2. The van der Waals surface area contributed by atoms with E-state index in [0.717, 1.165) is 42.7 Å². The Balaban J connectivity index is 2.11. The van der Waals surface area contributed by atoms with Crippen molar-refractivity contribution in [2.24, 2.45) is 0 Å². The zero-order chi connectivity index (χ0) is 14.4. The van der Waals surface area contributed by atoms with E-state index in [1.807, 2.05) is 31.2 Å². The third-order valence-electron chi connectivity index (χ3n) is 3.43. The molecule has 0 saturated heterocycles. The van der Waals surface area contributed by atoms with Gasteiger partial charge in [-0.3, -0.25) is 0 Å². The molecule has 2 rings (SSSR count). The molecule has 0 aliphatic heterocycles. The van der Waals surface area contributed by atoms with Crippen LogP contribution in [-0.2, 0) is 6.42 Å². The predicted octanol–water partition coefficient (Wildman–Crippen LogP) is 4.40. The van der Waals surface area contributed by atoms with Gasteiger partial charge >= 0.3 is 0 Å². The second-order valence-corrected chi connectivity index (χ2v) is 5.15. The number of furan rings is 1. The molecule has 0 amide bonds. The monoisotopic (exact) mass is 275 g/mol. The molecule has 2 nitrogen and oxygen atoms in total. The van der Waals surface area contributed by atoms with Crippen LogP contribution in [0.25, 0.3) is 0 Å². The lowest BCUT2D eigenvalue weighted by molar-refractivity contribution is 0.440. The molecule has 1 atom stereocenters. The average molecular weight is 275 g/mol. The van der Waals surface area contributed by atoms with Gasteiger partial charge in [0.15, 0.2) is 0 Å². The molecule has 0 bridgehead atoms. The maximum Gasteiger partial charge on any atom is 0.127 e. The largest absolute Gasteiger partial charge is 0.469 e. The summed E-state index contributed by atoms with van der Waals surface area (Å²) in [5.74, 6) is 0.810. The van der Waals surface area contributed by atoms with Gasteiger partial charge in [-0.25, -0.2) is 4.39 Å². The molecule has 108 valence electrons. The van der Waals surface area contributed by atoms with Crippen molar-refractivity contribution in [1.29, 1.82) is 0 Å². The van der Waals surface area contributed by atoms with Crippen molar-refractivity contribution in [3.05, 3.63) is 59.3 Å². The number of nitrogens with one attached hydrogen (secondary N) is 1. The fourth-order valence-electron chi connectivity index (χ4n) is 2.36. The van der Waals surface area contributed by atoms with Crippen LogP contribution >= 0.6 is 0 Å². The van der Waals surface area contributed by atoms with Crippen molar-refractivity contribution in [2.75, 3.05) is 6.54 Å². The lowest BCUT2D eigenvalue weighted by Gasteiger charge is -2.19. The highest BCUT2D eigenvalue weighted by molar-refractivity contribution is 5.27. The number of benzene rings is 1. The zero-order valence-corrected chi connectivity index (χ0v) is 12.2. The molecular weight excluding hydrogens is 253 g/mol. The third kappa shape index (κ3) is 3.94. The second-order valence-electron chi connectivity index (χ2n) is 5.15. The first kappa shape index (κ1) is 14.8. The van der Waals surface area contributed by atoms with E-state index >= 15 is 0 Å². The van der Waals surface area contributed by atoms with Gasteiger partial charge in [0.1, 0.15) is 11.6 Å². The molecule has 2 aromatic rings. The predicted molar refractivity (Wildman–Crippen MR) is 79.2 cm³/mol. The van der Waals surface area contributed by atoms with Crippen molar-refractivity contribution in [3.8, 4) is 0 Å². The lowest BCUT2D eigenvalue weighted by atomic mass is 9.98. The minimum absolute atomic E-state index is 0.0277. The normalized spacial score (nSPS) is 12.6. The Labute approximate surface area is 120 Å². The topological polar surface area (TPSA) is 25.2 Å². The van der Waals surface area contributed by atoms with E-state index in [-0.39, 0.29) is 11.9 Å². The molecule has 1 unspecified atom stereocenters. The summed E-state index contributed by atoms with van der Waals surface area (Å²) in [6, 6.07) is 9.17. The van der Waals surface area contributed by atoms with Crippen LogP contribution in [0, 0.1) is 12.7 Å². The van der Waals surface area contributed by atoms with Gasteiger partial charge in [-0.05, 0) is 44.5 Å². The standard InChI is InChI=1S/C17H22FNO/c1-3-10-19-17(9-7-14-5-4-11-20-14)15-12-13(2)6-8-16(15)18/h4-6,8,11-12,17,19H,3,7,9-10H2,1-2H3. The molecular formula is C17H22FNO. The maximum atomic E-state index is 14.0. The minimum atomic E-state index is -0.136. The Bertz CT molecular complexity index is 522. The van der Waals surface area contributed by atoms with Crippen molar-refractivity contribution in [1.82, 2.24) is 5.32 Å². The van der Waals surface area contributed by atoms with Crippen molar-refractivity contribution < 1.29 is 8.81 Å². The van der Waals surface area contributed by atoms with E-state index in [1.165, 1.54) is 0 Å². The van der Waals surface area contributed by atoms with E-state index in [0.29, 0.717) is 0 Å². The third-order valence-corrected chi connectivity index (χ3v) is 3.43. The van der Waals surface area contributed by atoms with Gasteiger partial charge in [-0.1, -0.05) is 24.6 Å². The van der Waals surface area contributed by atoms with Crippen LogP contribution < -0.4 is 5.32 Å². The molecule has 1 aromatic carbocycles. The van der Waals surface area contributed by atoms with Crippen molar-refractivity contribution in [3.63, 3.8) is 0 Å². The van der Waals surface area contributed by atoms with Gasteiger partial charge in [-0.2, -0.15) is 0 Å². The molecule has 0 aliphatic carbocycles. The maximum absolute atomic E-state index is 14.0. The highest BCUT2D eigenvalue weighted by Crippen LogP contribution is 2.23. The van der Waals surface area contributed by atoms with Gasteiger partial charge in [0.05, 0.1) is 6.26 Å². The fraction of sp³-hybridized carbons (Fsp3) is 0.412. The van der Waals surface area contributed by atoms with Crippen molar-refractivity contribution in [2.45, 2.75) is 39.2 Å². The van der Waals surface area contributed by atoms with E-state index in [4.69, 9.17) is 4.42 Å². The summed E-state index contributed by atoms with van der Waals surface area (Å²) in [4.78, 5) is 0. The van der Waals surface area contributed by atoms with Crippen LogP contribution in [0.3, 0.4) is 0 Å². The van der Waals surface area contributed by atoms with Crippen LogP contribution in [0.15, 0.2) is 41.0 Å². The summed E-state index contributed by atoms with van der Waals surface area (Å²) in [5, 5.41) is 3.43. The molecule has 1 heterocycles. The van der Waals surface area contributed by atoms with E-state index in [9.17, 15) is 4.39 Å². The number of halogens is 1. The van der Waals surface area contributed by atoms with Crippen LogP contribution in [0.4, 0.5) is 4.39 Å². The van der Waals surface area contributed by atoms with E-state index in [2.05, 4.69) is 12.2 Å². The van der Waals surface area contributed by atoms with Gasteiger partial charge in [0.2, 0.25) is 0 Å². The second kappa shape index (κ2) is 7.25. The fourth-order valence-corrected chi connectivity index (χ4v) is 2.36. The Kier molecular flexibility index (Phi) is 5.36. The van der Waals surface area contributed by atoms with Crippen LogP contribution in [0.2, 0.25) is 0 Å². The van der Waals surface area contributed by atoms with E-state index in [1.54, 1.807) is 12.3 Å². The molecule has 0 saturated carbocycles. The Morgan fingerprint density at radius 2 is 2.15 bits per heavy atom. The smallest absolute Gasteiger partial charge is 0.127 e. The first-order valence-corrected chi connectivity index (χ1v) is 7.22. The Hall–Kier alpha value is -1.61. The number of hydrogen-bond donors (Lipinski definition) is 1. The summed E-state index contributed by atoms with van der Waals surface area (Å²) in [6.45, 7) is 4.99. The Morgan fingerprint density at radius 1 is 1.30 bits per heavy atom. The first-order valence-electron chi connectivity index (χ1n) is 7.22. The van der Waals surface area contributed by atoms with Gasteiger partial charge in [0, 0.05) is 18.0 Å². The molecule has 1 N–H and O–H groups in total. The molecule has 20 heavy (non-hydrogen) atoms. The summed E-state index contributed by atoms with van der Waals surface area (Å²) >= 11 is 0. The first-order chi connectivity index (χ1) is 9.70.